The molecule has 1 N–H and O–H groups in total. The van der Waals surface area contributed by atoms with Crippen LogP contribution in [0.1, 0.15) is 58.0 Å². The van der Waals surface area contributed by atoms with Gasteiger partial charge in [-0.05, 0) is 26.2 Å². The molecule has 0 radical (unpaired) electrons. The third kappa shape index (κ3) is 2.33. The Hall–Kier alpha value is -0.990. The topological polar surface area (TPSA) is 38.0 Å². The summed E-state index contributed by atoms with van der Waals surface area (Å²) in [5.74, 6) is 0.416. The lowest BCUT2D eigenvalue weighted by molar-refractivity contribution is 0.439. The maximum absolute atomic E-state index is 10.0. The second-order valence-corrected chi connectivity index (χ2v) is 4.05. The molecule has 1 aromatic heterocycles. The van der Waals surface area contributed by atoms with Crippen LogP contribution in [0.4, 0.5) is 0 Å². The van der Waals surface area contributed by atoms with E-state index in [0.717, 1.165) is 37.1 Å². The summed E-state index contributed by atoms with van der Waals surface area (Å²) in [4.78, 5) is 0. The van der Waals surface area contributed by atoms with Crippen molar-refractivity contribution in [2.24, 2.45) is 0 Å². The summed E-state index contributed by atoms with van der Waals surface area (Å²) >= 11 is 0. The number of hydrogen-bond donors (Lipinski definition) is 1. The van der Waals surface area contributed by atoms with E-state index in [1.54, 1.807) is 0 Å². The van der Waals surface area contributed by atoms with Crippen LogP contribution in [-0.4, -0.2) is 14.9 Å². The molecule has 1 rings (SSSR count). The normalized spacial score (nSPS) is 13.1. The van der Waals surface area contributed by atoms with Crippen LogP contribution in [-0.2, 0) is 12.8 Å². The van der Waals surface area contributed by atoms with Gasteiger partial charge in [0.25, 0.3) is 0 Å². The van der Waals surface area contributed by atoms with Gasteiger partial charge in [0.05, 0.1) is 5.69 Å². The smallest absolute Gasteiger partial charge is 0.160 e. The second-order valence-electron chi connectivity index (χ2n) is 4.05. The molecule has 1 aromatic rings. The fourth-order valence-corrected chi connectivity index (χ4v) is 1.78. The van der Waals surface area contributed by atoms with Crippen LogP contribution < -0.4 is 0 Å². The SMILES string of the molecule is CCCc1nn(C(C)CC)c(CC)c1O. The molecule has 0 saturated heterocycles. The van der Waals surface area contributed by atoms with Crippen LogP contribution in [0.3, 0.4) is 0 Å². The first-order valence-corrected chi connectivity index (χ1v) is 5.94. The second kappa shape index (κ2) is 5.19. The van der Waals surface area contributed by atoms with Crippen LogP contribution in [0.25, 0.3) is 0 Å². The fraction of sp³-hybridized carbons (Fsp3) is 0.750. The Morgan fingerprint density at radius 2 is 2.00 bits per heavy atom. The monoisotopic (exact) mass is 210 g/mol. The van der Waals surface area contributed by atoms with E-state index in [1.807, 2.05) is 4.68 Å². The molecule has 3 heteroatoms. The summed E-state index contributed by atoms with van der Waals surface area (Å²) in [5.41, 5.74) is 1.84. The van der Waals surface area contributed by atoms with Gasteiger partial charge in [-0.25, -0.2) is 0 Å². The lowest BCUT2D eigenvalue weighted by Crippen LogP contribution is -2.09. The largest absolute Gasteiger partial charge is 0.504 e. The zero-order valence-corrected chi connectivity index (χ0v) is 10.2. The highest BCUT2D eigenvalue weighted by Gasteiger charge is 2.17. The summed E-state index contributed by atoms with van der Waals surface area (Å²) in [6.45, 7) is 8.45. The van der Waals surface area contributed by atoms with Crippen molar-refractivity contribution in [3.63, 3.8) is 0 Å². The Labute approximate surface area is 92.1 Å². The molecule has 1 unspecified atom stereocenters. The average Bonchev–Trinajstić information content (AvgIpc) is 2.55. The van der Waals surface area contributed by atoms with Crippen molar-refractivity contribution in [3.8, 4) is 5.75 Å². The first-order valence-electron chi connectivity index (χ1n) is 5.94. The average molecular weight is 210 g/mol. The van der Waals surface area contributed by atoms with Crippen molar-refractivity contribution in [3.05, 3.63) is 11.4 Å². The Balaban J connectivity index is 3.09. The molecule has 15 heavy (non-hydrogen) atoms. The molecule has 0 amide bonds. The van der Waals surface area contributed by atoms with E-state index in [9.17, 15) is 5.11 Å². The molecule has 0 aliphatic rings. The van der Waals surface area contributed by atoms with E-state index < -0.39 is 0 Å². The number of aryl methyl sites for hydroxylation is 1. The van der Waals surface area contributed by atoms with Gasteiger partial charge in [-0.3, -0.25) is 4.68 Å². The minimum absolute atomic E-state index is 0.372. The molecule has 86 valence electrons. The van der Waals surface area contributed by atoms with E-state index in [4.69, 9.17) is 0 Å². The van der Waals surface area contributed by atoms with Gasteiger partial charge in [-0.15, -0.1) is 0 Å². The Morgan fingerprint density at radius 3 is 2.47 bits per heavy atom. The Kier molecular flexibility index (Phi) is 4.18. The van der Waals surface area contributed by atoms with Gasteiger partial charge in [-0.1, -0.05) is 27.2 Å². The van der Waals surface area contributed by atoms with E-state index in [2.05, 4.69) is 32.8 Å². The third-order valence-electron chi connectivity index (χ3n) is 2.88. The lowest BCUT2D eigenvalue weighted by atomic mass is 10.2. The van der Waals surface area contributed by atoms with Crippen molar-refractivity contribution >= 4 is 0 Å². The minimum Gasteiger partial charge on any atom is -0.504 e. The van der Waals surface area contributed by atoms with Gasteiger partial charge < -0.3 is 5.11 Å². The number of rotatable bonds is 5. The summed E-state index contributed by atoms with van der Waals surface area (Å²) in [6, 6.07) is 0.372. The van der Waals surface area contributed by atoms with E-state index in [-0.39, 0.29) is 0 Å². The molecule has 0 spiro atoms. The molecule has 1 heterocycles. The van der Waals surface area contributed by atoms with Gasteiger partial charge in [0.2, 0.25) is 0 Å². The highest BCUT2D eigenvalue weighted by atomic mass is 16.3. The molecule has 0 aliphatic heterocycles. The zero-order valence-electron chi connectivity index (χ0n) is 10.2. The van der Waals surface area contributed by atoms with Crippen LogP contribution in [0.5, 0.6) is 5.75 Å². The highest BCUT2D eigenvalue weighted by molar-refractivity contribution is 5.32. The first-order chi connectivity index (χ1) is 7.15. The van der Waals surface area contributed by atoms with Gasteiger partial charge >= 0.3 is 0 Å². The molecule has 1 atom stereocenters. The van der Waals surface area contributed by atoms with Crippen molar-refractivity contribution in [2.45, 2.75) is 59.4 Å². The van der Waals surface area contributed by atoms with Crippen LogP contribution in [0.2, 0.25) is 0 Å². The summed E-state index contributed by atoms with van der Waals surface area (Å²) < 4.78 is 1.99. The Bertz CT molecular complexity index is 318. The zero-order chi connectivity index (χ0) is 11.4. The molecular formula is C12H22N2O. The molecular weight excluding hydrogens is 188 g/mol. The number of aromatic hydroxyl groups is 1. The first kappa shape index (κ1) is 12.1. The number of aromatic nitrogens is 2. The third-order valence-corrected chi connectivity index (χ3v) is 2.88. The van der Waals surface area contributed by atoms with E-state index >= 15 is 0 Å². The molecule has 0 aromatic carbocycles. The quantitative estimate of drug-likeness (QED) is 0.811. The molecule has 0 fully saturated rings. The Morgan fingerprint density at radius 1 is 1.33 bits per heavy atom. The van der Waals surface area contributed by atoms with Crippen molar-refractivity contribution in [1.29, 1.82) is 0 Å². The standard InChI is InChI=1S/C12H22N2O/c1-5-8-10-12(15)11(7-3)14(13-10)9(4)6-2/h9,15H,5-8H2,1-4H3. The maximum Gasteiger partial charge on any atom is 0.160 e. The number of hydrogen-bond acceptors (Lipinski definition) is 2. The summed E-state index contributed by atoms with van der Waals surface area (Å²) in [5, 5.41) is 14.5. The lowest BCUT2D eigenvalue weighted by Gasteiger charge is -2.12. The van der Waals surface area contributed by atoms with E-state index in [1.165, 1.54) is 0 Å². The summed E-state index contributed by atoms with van der Waals surface area (Å²) in [7, 11) is 0. The number of nitrogens with zero attached hydrogens (tertiary/aromatic N) is 2. The van der Waals surface area contributed by atoms with Crippen molar-refractivity contribution < 1.29 is 5.11 Å². The molecule has 3 nitrogen and oxygen atoms in total. The van der Waals surface area contributed by atoms with Gasteiger partial charge in [0, 0.05) is 6.04 Å². The maximum atomic E-state index is 10.0. The van der Waals surface area contributed by atoms with Crippen LogP contribution in [0.15, 0.2) is 0 Å². The predicted octanol–water partition coefficient (Wildman–Crippen LogP) is 3.07. The summed E-state index contributed by atoms with van der Waals surface area (Å²) in [6.07, 6.45) is 3.77. The molecule has 0 aliphatic carbocycles. The van der Waals surface area contributed by atoms with Crippen LogP contribution in [0, 0.1) is 0 Å². The highest BCUT2D eigenvalue weighted by Crippen LogP contribution is 2.27. The van der Waals surface area contributed by atoms with Gasteiger partial charge in [0.1, 0.15) is 5.69 Å². The van der Waals surface area contributed by atoms with Crippen LogP contribution >= 0.6 is 0 Å². The van der Waals surface area contributed by atoms with Crippen molar-refractivity contribution in [2.75, 3.05) is 0 Å². The van der Waals surface area contributed by atoms with E-state index in [0.29, 0.717) is 11.8 Å². The molecule has 0 bridgehead atoms. The predicted molar refractivity (Wildman–Crippen MR) is 62.3 cm³/mol. The fourth-order valence-electron chi connectivity index (χ4n) is 1.78. The molecule has 0 saturated carbocycles. The van der Waals surface area contributed by atoms with Crippen molar-refractivity contribution in [1.82, 2.24) is 9.78 Å². The van der Waals surface area contributed by atoms with Gasteiger partial charge in [0.15, 0.2) is 5.75 Å². The minimum atomic E-state index is 0.372. The van der Waals surface area contributed by atoms with Gasteiger partial charge in [-0.2, -0.15) is 5.10 Å².